The second-order valence-electron chi connectivity index (χ2n) is 6.72. The molecule has 0 saturated carbocycles. The molecule has 2 aromatic heterocycles. The minimum absolute atomic E-state index is 0.0955. The molecule has 4 rings (SSSR count). The standard InChI is InChI=1S/C22H20FN3O2/c23-18-7-4-16(5-8-18)13-17-6-9-19(25-14-17)21-15-26(11-12-28-21)22(27)20-3-1-2-10-24-20/h1-10,14,21H,11-13,15H2/t21-/m0/s1. The molecule has 0 N–H and O–H groups in total. The van der Waals surface area contributed by atoms with Crippen molar-refractivity contribution in [3.63, 3.8) is 0 Å². The van der Waals surface area contributed by atoms with Crippen molar-refractivity contribution in [1.82, 2.24) is 14.9 Å². The van der Waals surface area contributed by atoms with E-state index >= 15 is 0 Å². The topological polar surface area (TPSA) is 55.3 Å². The molecule has 1 aliphatic rings. The summed E-state index contributed by atoms with van der Waals surface area (Å²) in [5, 5.41) is 0. The fourth-order valence-corrected chi connectivity index (χ4v) is 3.23. The van der Waals surface area contributed by atoms with Gasteiger partial charge in [-0.1, -0.05) is 24.3 Å². The van der Waals surface area contributed by atoms with Crippen LogP contribution in [0.15, 0.2) is 67.0 Å². The van der Waals surface area contributed by atoms with Gasteiger partial charge < -0.3 is 9.64 Å². The molecule has 0 spiro atoms. The number of hydrogen-bond acceptors (Lipinski definition) is 4. The van der Waals surface area contributed by atoms with Gasteiger partial charge >= 0.3 is 0 Å². The Morgan fingerprint density at radius 3 is 2.61 bits per heavy atom. The SMILES string of the molecule is O=C(c1ccccn1)N1CCO[C@H](c2ccc(Cc3ccc(F)cc3)cn2)C1. The maximum Gasteiger partial charge on any atom is 0.272 e. The van der Waals surface area contributed by atoms with Crippen LogP contribution in [-0.2, 0) is 11.2 Å². The summed E-state index contributed by atoms with van der Waals surface area (Å²) in [5.41, 5.74) is 3.29. The van der Waals surface area contributed by atoms with Crippen molar-refractivity contribution in [3.05, 3.63) is 95.3 Å². The third-order valence-corrected chi connectivity index (χ3v) is 4.74. The number of aromatic nitrogens is 2. The predicted molar refractivity (Wildman–Crippen MR) is 102 cm³/mol. The molecule has 5 nitrogen and oxygen atoms in total. The number of carbonyl (C=O) groups is 1. The third kappa shape index (κ3) is 4.23. The van der Waals surface area contributed by atoms with Gasteiger partial charge in [-0.2, -0.15) is 0 Å². The first kappa shape index (κ1) is 18.3. The molecule has 3 aromatic rings. The van der Waals surface area contributed by atoms with Crippen LogP contribution < -0.4 is 0 Å². The maximum atomic E-state index is 13.0. The molecule has 0 aliphatic carbocycles. The summed E-state index contributed by atoms with van der Waals surface area (Å²) in [7, 11) is 0. The van der Waals surface area contributed by atoms with Gasteiger partial charge in [-0.25, -0.2) is 4.39 Å². The van der Waals surface area contributed by atoms with E-state index in [1.54, 1.807) is 41.4 Å². The van der Waals surface area contributed by atoms with Crippen LogP contribution in [0, 0.1) is 5.82 Å². The monoisotopic (exact) mass is 377 g/mol. The summed E-state index contributed by atoms with van der Waals surface area (Å²) < 4.78 is 18.9. The van der Waals surface area contributed by atoms with Crippen molar-refractivity contribution in [1.29, 1.82) is 0 Å². The van der Waals surface area contributed by atoms with Crippen molar-refractivity contribution in [2.45, 2.75) is 12.5 Å². The van der Waals surface area contributed by atoms with Crippen molar-refractivity contribution < 1.29 is 13.9 Å². The number of rotatable bonds is 4. The lowest BCUT2D eigenvalue weighted by atomic mass is 10.1. The van der Waals surface area contributed by atoms with Crippen LogP contribution in [0.5, 0.6) is 0 Å². The second-order valence-corrected chi connectivity index (χ2v) is 6.72. The number of amides is 1. The number of morpholine rings is 1. The van der Waals surface area contributed by atoms with E-state index in [4.69, 9.17) is 4.74 Å². The Labute approximate surface area is 162 Å². The molecule has 0 bridgehead atoms. The number of benzene rings is 1. The molecular weight excluding hydrogens is 357 g/mol. The summed E-state index contributed by atoms with van der Waals surface area (Å²) in [4.78, 5) is 23.0. The number of halogens is 1. The Morgan fingerprint density at radius 2 is 1.89 bits per heavy atom. The van der Waals surface area contributed by atoms with E-state index in [1.165, 1.54) is 12.1 Å². The largest absolute Gasteiger partial charge is 0.368 e. The van der Waals surface area contributed by atoms with Gasteiger partial charge in [0.1, 0.15) is 17.6 Å². The normalized spacial score (nSPS) is 16.8. The van der Waals surface area contributed by atoms with E-state index in [0.29, 0.717) is 31.8 Å². The predicted octanol–water partition coefficient (Wildman–Crippen LogP) is 3.42. The Morgan fingerprint density at radius 1 is 1.07 bits per heavy atom. The van der Waals surface area contributed by atoms with Gasteiger partial charge in [0.15, 0.2) is 0 Å². The first-order chi connectivity index (χ1) is 13.7. The summed E-state index contributed by atoms with van der Waals surface area (Å²) >= 11 is 0. The van der Waals surface area contributed by atoms with Gasteiger partial charge in [0, 0.05) is 18.9 Å². The van der Waals surface area contributed by atoms with Gasteiger partial charge in [-0.05, 0) is 47.9 Å². The maximum absolute atomic E-state index is 13.0. The molecule has 1 saturated heterocycles. The number of nitrogens with zero attached hydrogens (tertiary/aromatic N) is 3. The molecule has 0 radical (unpaired) electrons. The van der Waals surface area contributed by atoms with Crippen molar-refractivity contribution >= 4 is 5.91 Å². The van der Waals surface area contributed by atoms with Crippen LogP contribution in [0.4, 0.5) is 4.39 Å². The zero-order chi connectivity index (χ0) is 19.3. The molecule has 6 heteroatoms. The van der Waals surface area contributed by atoms with Gasteiger partial charge in [-0.3, -0.25) is 14.8 Å². The molecule has 28 heavy (non-hydrogen) atoms. The molecule has 1 atom stereocenters. The van der Waals surface area contributed by atoms with E-state index in [9.17, 15) is 9.18 Å². The van der Waals surface area contributed by atoms with Crippen molar-refractivity contribution in [3.8, 4) is 0 Å². The first-order valence-corrected chi connectivity index (χ1v) is 9.20. The van der Waals surface area contributed by atoms with Crippen LogP contribution in [0.2, 0.25) is 0 Å². The number of hydrogen-bond donors (Lipinski definition) is 0. The lowest BCUT2D eigenvalue weighted by Gasteiger charge is -2.32. The second kappa shape index (κ2) is 8.27. The lowest BCUT2D eigenvalue weighted by molar-refractivity contribution is -0.0249. The van der Waals surface area contributed by atoms with Gasteiger partial charge in [0.2, 0.25) is 0 Å². The van der Waals surface area contributed by atoms with E-state index in [-0.39, 0.29) is 17.8 Å². The third-order valence-electron chi connectivity index (χ3n) is 4.74. The highest BCUT2D eigenvalue weighted by atomic mass is 19.1. The van der Waals surface area contributed by atoms with Gasteiger partial charge in [0.05, 0.1) is 18.8 Å². The Hall–Kier alpha value is -3.12. The molecule has 1 amide bonds. The van der Waals surface area contributed by atoms with E-state index in [0.717, 1.165) is 16.8 Å². The number of pyridine rings is 2. The van der Waals surface area contributed by atoms with Crippen LogP contribution in [0.3, 0.4) is 0 Å². The van der Waals surface area contributed by atoms with Crippen LogP contribution in [0.1, 0.15) is 33.4 Å². The summed E-state index contributed by atoms with van der Waals surface area (Å²) in [6.45, 7) is 1.44. The minimum atomic E-state index is -0.263. The highest BCUT2D eigenvalue weighted by molar-refractivity contribution is 5.92. The molecule has 0 unspecified atom stereocenters. The molecule has 1 fully saturated rings. The van der Waals surface area contributed by atoms with Crippen LogP contribution in [-0.4, -0.2) is 40.5 Å². The van der Waals surface area contributed by atoms with Crippen molar-refractivity contribution in [2.24, 2.45) is 0 Å². The Kier molecular flexibility index (Phi) is 5.39. The van der Waals surface area contributed by atoms with E-state index in [1.807, 2.05) is 18.3 Å². The minimum Gasteiger partial charge on any atom is -0.368 e. The van der Waals surface area contributed by atoms with Crippen LogP contribution in [0.25, 0.3) is 0 Å². The Bertz CT molecular complexity index is 930. The summed E-state index contributed by atoms with van der Waals surface area (Å²) in [5.74, 6) is -0.335. The van der Waals surface area contributed by atoms with E-state index < -0.39 is 0 Å². The molecule has 142 valence electrons. The molecule has 3 heterocycles. The highest BCUT2D eigenvalue weighted by Gasteiger charge is 2.27. The van der Waals surface area contributed by atoms with Gasteiger partial charge in [0.25, 0.3) is 5.91 Å². The quantitative estimate of drug-likeness (QED) is 0.699. The fraction of sp³-hybridized carbons (Fsp3) is 0.227. The fourth-order valence-electron chi connectivity index (χ4n) is 3.23. The molecular formula is C22H20FN3O2. The Balaban J connectivity index is 1.42. The molecule has 1 aliphatic heterocycles. The zero-order valence-corrected chi connectivity index (χ0v) is 15.3. The summed E-state index contributed by atoms with van der Waals surface area (Å²) in [6, 6.07) is 15.7. The average Bonchev–Trinajstić information content (AvgIpc) is 2.76. The molecule has 1 aromatic carbocycles. The van der Waals surface area contributed by atoms with E-state index in [2.05, 4.69) is 9.97 Å². The van der Waals surface area contributed by atoms with Crippen LogP contribution >= 0.6 is 0 Å². The van der Waals surface area contributed by atoms with Crippen molar-refractivity contribution in [2.75, 3.05) is 19.7 Å². The number of carbonyl (C=O) groups excluding carboxylic acids is 1. The first-order valence-electron chi connectivity index (χ1n) is 9.20. The average molecular weight is 377 g/mol. The smallest absolute Gasteiger partial charge is 0.272 e. The number of ether oxygens (including phenoxy) is 1. The lowest BCUT2D eigenvalue weighted by Crippen LogP contribution is -2.42. The zero-order valence-electron chi connectivity index (χ0n) is 15.3. The summed E-state index contributed by atoms with van der Waals surface area (Å²) in [6.07, 6.45) is 3.85. The highest BCUT2D eigenvalue weighted by Crippen LogP contribution is 2.22. The van der Waals surface area contributed by atoms with Gasteiger partial charge in [-0.15, -0.1) is 0 Å².